The van der Waals surface area contributed by atoms with Crippen LogP contribution in [0.2, 0.25) is 0 Å². The molecule has 1 fully saturated rings. The molecule has 5 nitrogen and oxygen atoms in total. The van der Waals surface area contributed by atoms with Crippen LogP contribution in [-0.2, 0) is 14.8 Å². The SMILES string of the molecule is COCCN1CCN(S(=O)(=O)c2ccc(I)cc2)CC1. The second kappa shape index (κ2) is 7.17. The molecule has 1 aromatic rings. The molecule has 0 radical (unpaired) electrons. The number of nitrogens with zero attached hydrogens (tertiary/aromatic N) is 2. The summed E-state index contributed by atoms with van der Waals surface area (Å²) in [5, 5.41) is 0. The monoisotopic (exact) mass is 410 g/mol. The van der Waals surface area contributed by atoms with Crippen molar-refractivity contribution in [3.63, 3.8) is 0 Å². The van der Waals surface area contributed by atoms with Gasteiger partial charge >= 0.3 is 0 Å². The molecule has 0 N–H and O–H groups in total. The van der Waals surface area contributed by atoms with Crippen molar-refractivity contribution in [3.05, 3.63) is 27.8 Å². The molecule has 0 unspecified atom stereocenters. The molecule has 1 aliphatic heterocycles. The van der Waals surface area contributed by atoms with Crippen LogP contribution in [0.4, 0.5) is 0 Å². The zero-order valence-electron chi connectivity index (χ0n) is 11.5. The maximum atomic E-state index is 12.5. The first-order valence-corrected chi connectivity index (χ1v) is 9.03. The summed E-state index contributed by atoms with van der Waals surface area (Å²) in [6.07, 6.45) is 0. The summed E-state index contributed by atoms with van der Waals surface area (Å²) in [5.41, 5.74) is 0. The van der Waals surface area contributed by atoms with Crippen LogP contribution >= 0.6 is 22.6 Å². The lowest BCUT2D eigenvalue weighted by Gasteiger charge is -2.33. The predicted octanol–water partition coefficient (Wildman–Crippen LogP) is 1.24. The standard InChI is InChI=1S/C13H19IN2O3S/c1-19-11-10-15-6-8-16(9-7-15)20(17,18)13-4-2-12(14)3-5-13/h2-5H,6-11H2,1H3. The molecule has 20 heavy (non-hydrogen) atoms. The van der Waals surface area contributed by atoms with E-state index in [2.05, 4.69) is 27.5 Å². The van der Waals surface area contributed by atoms with Crippen molar-refractivity contribution in [1.82, 2.24) is 9.21 Å². The van der Waals surface area contributed by atoms with Gasteiger partial charge in [-0.2, -0.15) is 4.31 Å². The van der Waals surface area contributed by atoms with Crippen molar-refractivity contribution in [3.8, 4) is 0 Å². The van der Waals surface area contributed by atoms with Gasteiger partial charge in [0.05, 0.1) is 11.5 Å². The van der Waals surface area contributed by atoms with Gasteiger partial charge in [0.25, 0.3) is 0 Å². The van der Waals surface area contributed by atoms with E-state index in [-0.39, 0.29) is 0 Å². The van der Waals surface area contributed by atoms with E-state index >= 15 is 0 Å². The molecule has 0 saturated carbocycles. The van der Waals surface area contributed by atoms with Gasteiger partial charge in [0, 0.05) is 43.4 Å². The fourth-order valence-corrected chi connectivity index (χ4v) is 3.95. The Kier molecular flexibility index (Phi) is 5.79. The van der Waals surface area contributed by atoms with Crippen LogP contribution < -0.4 is 0 Å². The Morgan fingerprint density at radius 3 is 2.30 bits per heavy atom. The van der Waals surface area contributed by atoms with Crippen LogP contribution in [0, 0.1) is 3.57 Å². The normalized spacial score (nSPS) is 18.3. The van der Waals surface area contributed by atoms with Crippen LogP contribution in [0.25, 0.3) is 0 Å². The summed E-state index contributed by atoms with van der Waals surface area (Å²) >= 11 is 2.17. The van der Waals surface area contributed by atoms with Crippen molar-refractivity contribution in [2.75, 3.05) is 46.4 Å². The molecular formula is C13H19IN2O3S. The lowest BCUT2D eigenvalue weighted by molar-refractivity contribution is 0.123. The van der Waals surface area contributed by atoms with Gasteiger partial charge in [-0.25, -0.2) is 8.42 Å². The van der Waals surface area contributed by atoms with Gasteiger partial charge in [0.2, 0.25) is 10.0 Å². The zero-order valence-corrected chi connectivity index (χ0v) is 14.4. The van der Waals surface area contributed by atoms with Crippen LogP contribution in [0.1, 0.15) is 0 Å². The first-order chi connectivity index (χ1) is 9.54. The lowest BCUT2D eigenvalue weighted by atomic mass is 10.3. The first kappa shape index (κ1) is 16.2. The minimum Gasteiger partial charge on any atom is -0.383 e. The maximum Gasteiger partial charge on any atom is 0.243 e. The Hall–Kier alpha value is -0.220. The molecule has 2 rings (SSSR count). The van der Waals surface area contributed by atoms with Gasteiger partial charge in [0.15, 0.2) is 0 Å². The minimum atomic E-state index is -3.35. The number of hydrogen-bond donors (Lipinski definition) is 0. The van der Waals surface area contributed by atoms with E-state index in [4.69, 9.17) is 4.74 Å². The van der Waals surface area contributed by atoms with E-state index in [0.29, 0.717) is 24.6 Å². The fourth-order valence-electron chi connectivity index (χ4n) is 2.17. The van der Waals surface area contributed by atoms with Crippen LogP contribution in [0.15, 0.2) is 29.2 Å². The number of benzene rings is 1. The van der Waals surface area contributed by atoms with Crippen molar-refractivity contribution >= 4 is 32.6 Å². The highest BCUT2D eigenvalue weighted by Crippen LogP contribution is 2.18. The number of methoxy groups -OCH3 is 1. The highest BCUT2D eigenvalue weighted by Gasteiger charge is 2.28. The van der Waals surface area contributed by atoms with Gasteiger partial charge in [0.1, 0.15) is 0 Å². The molecule has 7 heteroatoms. The molecule has 1 saturated heterocycles. The summed E-state index contributed by atoms with van der Waals surface area (Å²) in [6, 6.07) is 6.99. The Balaban J connectivity index is 2.00. The second-order valence-electron chi connectivity index (χ2n) is 4.69. The highest BCUT2D eigenvalue weighted by molar-refractivity contribution is 14.1. The lowest BCUT2D eigenvalue weighted by Crippen LogP contribution is -2.49. The van der Waals surface area contributed by atoms with Crippen molar-refractivity contribution in [2.24, 2.45) is 0 Å². The molecule has 112 valence electrons. The number of ether oxygens (including phenoxy) is 1. The summed E-state index contributed by atoms with van der Waals surface area (Å²) in [4.78, 5) is 2.60. The third kappa shape index (κ3) is 3.91. The summed E-state index contributed by atoms with van der Waals surface area (Å²) < 4.78 is 32.6. The number of hydrogen-bond acceptors (Lipinski definition) is 4. The van der Waals surface area contributed by atoms with Crippen molar-refractivity contribution < 1.29 is 13.2 Å². The molecule has 0 atom stereocenters. The first-order valence-electron chi connectivity index (χ1n) is 6.51. The Morgan fingerprint density at radius 2 is 1.75 bits per heavy atom. The molecule has 1 aromatic carbocycles. The van der Waals surface area contributed by atoms with E-state index in [1.54, 1.807) is 23.5 Å². The summed E-state index contributed by atoms with van der Waals surface area (Å²) in [5.74, 6) is 0. The van der Waals surface area contributed by atoms with Gasteiger partial charge in [-0.15, -0.1) is 0 Å². The van der Waals surface area contributed by atoms with Gasteiger partial charge in [-0.1, -0.05) is 0 Å². The predicted molar refractivity (Wildman–Crippen MR) is 86.2 cm³/mol. The third-order valence-corrected chi connectivity index (χ3v) is 6.03. The van der Waals surface area contributed by atoms with Crippen LogP contribution in [0.3, 0.4) is 0 Å². The quantitative estimate of drug-likeness (QED) is 0.686. The van der Waals surface area contributed by atoms with Gasteiger partial charge in [-0.3, -0.25) is 4.90 Å². The minimum absolute atomic E-state index is 0.378. The van der Waals surface area contributed by atoms with E-state index in [1.807, 2.05) is 12.1 Å². The molecule has 1 heterocycles. The Morgan fingerprint density at radius 1 is 1.15 bits per heavy atom. The Bertz CT molecular complexity index is 525. The van der Waals surface area contributed by atoms with E-state index in [0.717, 1.165) is 23.2 Å². The molecule has 0 spiro atoms. The Labute approximate surface area is 134 Å². The van der Waals surface area contributed by atoms with Crippen molar-refractivity contribution in [1.29, 1.82) is 0 Å². The topological polar surface area (TPSA) is 49.9 Å². The van der Waals surface area contributed by atoms with Gasteiger partial charge in [-0.05, 0) is 46.9 Å². The van der Waals surface area contributed by atoms with E-state index < -0.39 is 10.0 Å². The molecular weight excluding hydrogens is 391 g/mol. The van der Waals surface area contributed by atoms with Gasteiger partial charge < -0.3 is 4.74 Å². The molecule has 1 aliphatic rings. The third-order valence-electron chi connectivity index (χ3n) is 3.39. The van der Waals surface area contributed by atoms with E-state index in [1.165, 1.54) is 0 Å². The molecule has 0 bridgehead atoms. The van der Waals surface area contributed by atoms with Crippen LogP contribution in [0.5, 0.6) is 0 Å². The highest BCUT2D eigenvalue weighted by atomic mass is 127. The van der Waals surface area contributed by atoms with Crippen molar-refractivity contribution in [2.45, 2.75) is 4.90 Å². The zero-order chi connectivity index (χ0) is 14.6. The summed E-state index contributed by atoms with van der Waals surface area (Å²) in [6.45, 7) is 4.13. The number of rotatable bonds is 5. The fraction of sp³-hybridized carbons (Fsp3) is 0.538. The molecule has 0 amide bonds. The second-order valence-corrected chi connectivity index (χ2v) is 7.88. The largest absolute Gasteiger partial charge is 0.383 e. The van der Waals surface area contributed by atoms with Crippen LogP contribution in [-0.4, -0.2) is 64.1 Å². The molecule has 0 aliphatic carbocycles. The average Bonchev–Trinajstić information content (AvgIpc) is 2.46. The number of sulfonamides is 1. The summed E-state index contributed by atoms with van der Waals surface area (Å²) in [7, 11) is -1.67. The number of halogens is 1. The maximum absolute atomic E-state index is 12.5. The van der Waals surface area contributed by atoms with E-state index in [9.17, 15) is 8.42 Å². The number of piperazine rings is 1. The smallest absolute Gasteiger partial charge is 0.243 e. The molecule has 0 aromatic heterocycles. The average molecular weight is 410 g/mol.